The molecule has 0 aliphatic heterocycles. The predicted octanol–water partition coefficient (Wildman–Crippen LogP) is 4.38. The predicted molar refractivity (Wildman–Crippen MR) is 116 cm³/mol. The minimum absolute atomic E-state index is 0.131. The lowest BCUT2D eigenvalue weighted by Gasteiger charge is -2.17. The van der Waals surface area contributed by atoms with E-state index in [1.807, 2.05) is 31.2 Å². The van der Waals surface area contributed by atoms with Gasteiger partial charge in [0.25, 0.3) is 0 Å². The zero-order valence-electron chi connectivity index (χ0n) is 16.5. The van der Waals surface area contributed by atoms with Crippen molar-refractivity contribution in [3.8, 4) is 11.4 Å². The minimum atomic E-state index is -0.403. The number of carbonyl (C=O) groups is 2. The molecule has 0 aliphatic rings. The van der Waals surface area contributed by atoms with Gasteiger partial charge in [-0.05, 0) is 19.1 Å². The number of hydrogen-bond donors (Lipinski definition) is 1. The Labute approximate surface area is 184 Å². The second-order valence-electron chi connectivity index (χ2n) is 6.77. The van der Waals surface area contributed by atoms with Crippen LogP contribution in [0.3, 0.4) is 0 Å². The highest BCUT2D eigenvalue weighted by molar-refractivity contribution is 6.39. The van der Waals surface area contributed by atoms with Crippen molar-refractivity contribution >= 4 is 40.7 Å². The molecule has 3 aromatic rings. The molecule has 2 amide bonds. The van der Waals surface area contributed by atoms with Crippen LogP contribution >= 0.6 is 23.2 Å². The zero-order chi connectivity index (χ0) is 21.7. The Kier molecular flexibility index (Phi) is 7.07. The molecule has 3 rings (SSSR count). The molecule has 1 aromatic heterocycles. The lowest BCUT2D eigenvalue weighted by atomic mass is 10.1. The number of amides is 2. The maximum absolute atomic E-state index is 12.4. The fraction of sp³-hybridized carbons (Fsp3) is 0.238. The highest BCUT2D eigenvalue weighted by atomic mass is 35.5. The fourth-order valence-electron chi connectivity index (χ4n) is 2.68. The van der Waals surface area contributed by atoms with E-state index < -0.39 is 5.91 Å². The normalized spacial score (nSPS) is 10.7. The van der Waals surface area contributed by atoms with Crippen LogP contribution in [0.1, 0.15) is 17.9 Å². The number of para-hydroxylation sites is 1. The van der Waals surface area contributed by atoms with Gasteiger partial charge in [-0.15, -0.1) is 0 Å². The van der Waals surface area contributed by atoms with Gasteiger partial charge in [0, 0.05) is 25.5 Å². The van der Waals surface area contributed by atoms with E-state index in [0.717, 1.165) is 11.1 Å². The van der Waals surface area contributed by atoms with E-state index in [9.17, 15) is 9.59 Å². The van der Waals surface area contributed by atoms with Crippen molar-refractivity contribution in [2.45, 2.75) is 19.8 Å². The number of nitrogens with zero attached hydrogens (tertiary/aromatic N) is 3. The maximum atomic E-state index is 12.4. The standard InChI is InChI=1S/C21H20Cl2N4O3/c1-13-6-8-14(9-7-13)21-25-18(30-26-21)10-11-19(29)27(2)12-17(28)24-20-15(22)4-3-5-16(20)23/h3-9H,10-12H2,1-2H3,(H,24,28). The van der Waals surface area contributed by atoms with Crippen LogP contribution < -0.4 is 5.32 Å². The molecule has 30 heavy (non-hydrogen) atoms. The van der Waals surface area contributed by atoms with Gasteiger partial charge >= 0.3 is 0 Å². The number of aromatic nitrogens is 2. The Bertz CT molecular complexity index is 1030. The fourth-order valence-corrected chi connectivity index (χ4v) is 3.17. The van der Waals surface area contributed by atoms with Crippen LogP contribution in [0, 0.1) is 6.92 Å². The summed E-state index contributed by atoms with van der Waals surface area (Å²) in [5, 5.41) is 7.23. The largest absolute Gasteiger partial charge is 0.339 e. The molecule has 7 nitrogen and oxygen atoms in total. The molecular formula is C21H20Cl2N4O3. The van der Waals surface area contributed by atoms with E-state index >= 15 is 0 Å². The average Bonchev–Trinajstić information content (AvgIpc) is 3.18. The molecule has 0 spiro atoms. The SMILES string of the molecule is Cc1ccc(-c2noc(CCC(=O)N(C)CC(=O)Nc3c(Cl)cccc3Cl)n2)cc1. The van der Waals surface area contributed by atoms with Crippen molar-refractivity contribution in [2.24, 2.45) is 0 Å². The minimum Gasteiger partial charge on any atom is -0.339 e. The van der Waals surface area contributed by atoms with Gasteiger partial charge in [-0.1, -0.05) is 64.3 Å². The van der Waals surface area contributed by atoms with E-state index in [1.54, 1.807) is 25.2 Å². The number of likely N-dealkylation sites (N-methyl/N-ethyl adjacent to an activating group) is 1. The van der Waals surface area contributed by atoms with Gasteiger partial charge in [0.05, 0.1) is 22.3 Å². The van der Waals surface area contributed by atoms with Crippen LogP contribution in [0.5, 0.6) is 0 Å². The zero-order valence-corrected chi connectivity index (χ0v) is 18.0. The topological polar surface area (TPSA) is 88.3 Å². The molecule has 0 radical (unpaired) electrons. The summed E-state index contributed by atoms with van der Waals surface area (Å²) < 4.78 is 5.23. The number of carbonyl (C=O) groups excluding carboxylic acids is 2. The molecule has 0 atom stereocenters. The Hall–Kier alpha value is -2.90. The highest BCUT2D eigenvalue weighted by Crippen LogP contribution is 2.29. The first-order valence-electron chi connectivity index (χ1n) is 9.21. The highest BCUT2D eigenvalue weighted by Gasteiger charge is 2.17. The first-order chi connectivity index (χ1) is 14.3. The van der Waals surface area contributed by atoms with Crippen molar-refractivity contribution in [2.75, 3.05) is 18.9 Å². The van der Waals surface area contributed by atoms with E-state index in [4.69, 9.17) is 27.7 Å². The van der Waals surface area contributed by atoms with E-state index in [0.29, 0.717) is 27.4 Å². The van der Waals surface area contributed by atoms with Crippen LogP contribution in [0.2, 0.25) is 10.0 Å². The Morgan fingerprint density at radius 1 is 1.10 bits per heavy atom. The Balaban J connectivity index is 1.51. The molecule has 0 saturated heterocycles. The summed E-state index contributed by atoms with van der Waals surface area (Å²) in [7, 11) is 1.54. The van der Waals surface area contributed by atoms with Crippen molar-refractivity contribution in [1.29, 1.82) is 0 Å². The molecule has 0 bridgehead atoms. The van der Waals surface area contributed by atoms with Crippen LogP contribution in [0.4, 0.5) is 5.69 Å². The lowest BCUT2D eigenvalue weighted by molar-refractivity contribution is -0.133. The quantitative estimate of drug-likeness (QED) is 0.581. The Morgan fingerprint density at radius 2 is 1.77 bits per heavy atom. The molecule has 0 unspecified atom stereocenters. The summed E-state index contributed by atoms with van der Waals surface area (Å²) in [5.41, 5.74) is 2.30. The molecule has 1 N–H and O–H groups in total. The van der Waals surface area contributed by atoms with Gasteiger partial charge in [-0.2, -0.15) is 4.98 Å². The van der Waals surface area contributed by atoms with Gasteiger partial charge in [0.2, 0.25) is 23.5 Å². The van der Waals surface area contributed by atoms with Gasteiger partial charge < -0.3 is 14.7 Å². The molecule has 0 fully saturated rings. The number of anilines is 1. The summed E-state index contributed by atoms with van der Waals surface area (Å²) in [6.45, 7) is 1.86. The van der Waals surface area contributed by atoms with Crippen LogP contribution in [-0.2, 0) is 16.0 Å². The molecule has 9 heteroatoms. The van der Waals surface area contributed by atoms with Crippen LogP contribution in [0.25, 0.3) is 11.4 Å². The van der Waals surface area contributed by atoms with Gasteiger partial charge in [0.1, 0.15) is 0 Å². The Morgan fingerprint density at radius 3 is 2.43 bits per heavy atom. The third-order valence-electron chi connectivity index (χ3n) is 4.36. The van der Waals surface area contributed by atoms with Crippen molar-refractivity contribution in [3.05, 3.63) is 64.0 Å². The van der Waals surface area contributed by atoms with Crippen molar-refractivity contribution in [1.82, 2.24) is 15.0 Å². The van der Waals surface area contributed by atoms with Crippen LogP contribution in [-0.4, -0.2) is 40.4 Å². The summed E-state index contributed by atoms with van der Waals surface area (Å²) in [5.74, 6) is 0.201. The first kappa shape index (κ1) is 21.8. The molecule has 156 valence electrons. The number of hydrogen-bond acceptors (Lipinski definition) is 5. The molecule has 0 saturated carbocycles. The van der Waals surface area contributed by atoms with Crippen molar-refractivity contribution < 1.29 is 14.1 Å². The second-order valence-corrected chi connectivity index (χ2v) is 7.59. The third-order valence-corrected chi connectivity index (χ3v) is 4.99. The van der Waals surface area contributed by atoms with E-state index in [-0.39, 0.29) is 25.3 Å². The molecular weight excluding hydrogens is 427 g/mol. The molecule has 1 heterocycles. The number of nitrogens with one attached hydrogen (secondary N) is 1. The summed E-state index contributed by atoms with van der Waals surface area (Å²) in [4.78, 5) is 30.2. The van der Waals surface area contributed by atoms with Gasteiger partial charge in [-0.3, -0.25) is 9.59 Å². The number of benzene rings is 2. The first-order valence-corrected chi connectivity index (χ1v) is 9.96. The summed E-state index contributed by atoms with van der Waals surface area (Å²) >= 11 is 12.1. The number of rotatable bonds is 7. The average molecular weight is 447 g/mol. The second kappa shape index (κ2) is 9.73. The molecule has 2 aromatic carbocycles. The monoisotopic (exact) mass is 446 g/mol. The maximum Gasteiger partial charge on any atom is 0.244 e. The number of aryl methyl sites for hydroxylation is 2. The van der Waals surface area contributed by atoms with Crippen LogP contribution in [0.15, 0.2) is 47.0 Å². The van der Waals surface area contributed by atoms with E-state index in [1.165, 1.54) is 4.90 Å². The van der Waals surface area contributed by atoms with E-state index in [2.05, 4.69) is 15.5 Å². The van der Waals surface area contributed by atoms with Crippen molar-refractivity contribution in [3.63, 3.8) is 0 Å². The lowest BCUT2D eigenvalue weighted by Crippen LogP contribution is -2.35. The van der Waals surface area contributed by atoms with Gasteiger partial charge in [-0.25, -0.2) is 0 Å². The third kappa shape index (κ3) is 5.58. The van der Waals surface area contributed by atoms with Gasteiger partial charge in [0.15, 0.2) is 0 Å². The summed E-state index contributed by atoms with van der Waals surface area (Å²) in [6, 6.07) is 12.7. The smallest absolute Gasteiger partial charge is 0.244 e. The molecule has 0 aliphatic carbocycles. The number of halogens is 2. The summed E-state index contributed by atoms with van der Waals surface area (Å²) in [6.07, 6.45) is 0.409.